The number of para-hydroxylation sites is 1. The zero-order valence-electron chi connectivity index (χ0n) is 13.1. The number of carbonyl (C=O) groups is 1. The zero-order chi connectivity index (χ0) is 15.1. The summed E-state index contributed by atoms with van der Waals surface area (Å²) in [4.78, 5) is 14.4. The summed E-state index contributed by atoms with van der Waals surface area (Å²) in [6.45, 7) is 4.11. The van der Waals surface area contributed by atoms with E-state index in [1.165, 1.54) is 5.56 Å². The Morgan fingerprint density at radius 1 is 1.38 bits per heavy atom. The normalized spacial score (nSPS) is 18.2. The Hall–Kier alpha value is -1.39. The number of hydrogen-bond acceptors (Lipinski definition) is 3. The van der Waals surface area contributed by atoms with Gasteiger partial charge < -0.3 is 15.0 Å². The van der Waals surface area contributed by atoms with Crippen LogP contribution < -0.4 is 10.2 Å². The minimum Gasteiger partial charge on any atom is -0.381 e. The van der Waals surface area contributed by atoms with Crippen molar-refractivity contribution >= 4 is 11.6 Å². The highest BCUT2D eigenvalue weighted by Crippen LogP contribution is 2.32. The molecule has 1 N–H and O–H groups in total. The minimum atomic E-state index is 0.162. The van der Waals surface area contributed by atoms with Gasteiger partial charge in [0.2, 0.25) is 5.91 Å². The molecule has 1 aromatic rings. The molecule has 0 fully saturated rings. The molecule has 0 aromatic heterocycles. The molecule has 0 radical (unpaired) electrons. The number of rotatable bonds is 6. The molecule has 1 aliphatic heterocycles. The fourth-order valence-electron chi connectivity index (χ4n) is 2.86. The number of nitrogens with zero attached hydrogens (tertiary/aromatic N) is 1. The van der Waals surface area contributed by atoms with Crippen molar-refractivity contribution in [2.24, 2.45) is 0 Å². The maximum absolute atomic E-state index is 12.5. The van der Waals surface area contributed by atoms with Crippen LogP contribution in [-0.4, -0.2) is 32.7 Å². The van der Waals surface area contributed by atoms with Crippen molar-refractivity contribution in [2.45, 2.75) is 38.6 Å². The highest BCUT2D eigenvalue weighted by atomic mass is 16.5. The summed E-state index contributed by atoms with van der Waals surface area (Å²) in [6.07, 6.45) is 3.52. The molecule has 0 saturated carbocycles. The van der Waals surface area contributed by atoms with Gasteiger partial charge in [-0.15, -0.1) is 0 Å². The van der Waals surface area contributed by atoms with Gasteiger partial charge in [-0.1, -0.05) is 25.1 Å². The molecule has 4 heteroatoms. The molecule has 116 valence electrons. The quantitative estimate of drug-likeness (QED) is 0.819. The Labute approximate surface area is 127 Å². The van der Waals surface area contributed by atoms with Crippen LogP contribution in [0.5, 0.6) is 0 Å². The highest BCUT2D eigenvalue weighted by Gasteiger charge is 2.24. The van der Waals surface area contributed by atoms with Crippen molar-refractivity contribution in [3.8, 4) is 0 Å². The number of hydrogen-bond donors (Lipinski definition) is 1. The summed E-state index contributed by atoms with van der Waals surface area (Å²) in [7, 11) is 1.98. The number of amides is 1. The van der Waals surface area contributed by atoms with E-state index in [4.69, 9.17) is 4.74 Å². The summed E-state index contributed by atoms with van der Waals surface area (Å²) < 4.78 is 5.45. The molecule has 4 nitrogen and oxygen atoms in total. The van der Waals surface area contributed by atoms with Gasteiger partial charge in [-0.2, -0.15) is 0 Å². The predicted octanol–water partition coefficient (Wildman–Crippen LogP) is 2.89. The van der Waals surface area contributed by atoms with E-state index in [-0.39, 0.29) is 5.91 Å². The van der Waals surface area contributed by atoms with Crippen molar-refractivity contribution in [1.82, 2.24) is 5.32 Å². The van der Waals surface area contributed by atoms with Crippen molar-refractivity contribution in [2.75, 3.05) is 31.7 Å². The lowest BCUT2D eigenvalue weighted by molar-refractivity contribution is -0.119. The third-order valence-electron chi connectivity index (χ3n) is 3.94. The molecule has 2 rings (SSSR count). The Bertz CT molecular complexity index is 462. The number of carbonyl (C=O) groups excluding carboxylic acids is 1. The van der Waals surface area contributed by atoms with E-state index in [0.29, 0.717) is 19.1 Å². The summed E-state index contributed by atoms with van der Waals surface area (Å²) >= 11 is 0. The second kappa shape index (κ2) is 8.15. The summed E-state index contributed by atoms with van der Waals surface area (Å²) in [5.41, 5.74) is 2.27. The first kappa shape index (κ1) is 16.0. The van der Waals surface area contributed by atoms with Crippen LogP contribution in [0.4, 0.5) is 5.69 Å². The number of anilines is 1. The van der Waals surface area contributed by atoms with E-state index < -0.39 is 0 Å². The van der Waals surface area contributed by atoms with Crippen molar-refractivity contribution in [1.29, 1.82) is 0 Å². The van der Waals surface area contributed by atoms with E-state index in [1.54, 1.807) is 0 Å². The van der Waals surface area contributed by atoms with Crippen LogP contribution >= 0.6 is 0 Å². The van der Waals surface area contributed by atoms with Crippen LogP contribution in [-0.2, 0) is 9.53 Å². The molecule has 0 saturated heterocycles. The number of nitrogens with one attached hydrogen (secondary N) is 1. The predicted molar refractivity (Wildman–Crippen MR) is 85.6 cm³/mol. The SMILES string of the molecule is CCCOCCC(=O)N1CCCC(NC)c2ccccc21. The van der Waals surface area contributed by atoms with Gasteiger partial charge in [-0.3, -0.25) is 4.79 Å². The lowest BCUT2D eigenvalue weighted by atomic mass is 10.0. The Morgan fingerprint density at radius 2 is 2.19 bits per heavy atom. The average molecular weight is 290 g/mol. The first-order valence-corrected chi connectivity index (χ1v) is 7.92. The van der Waals surface area contributed by atoms with Gasteiger partial charge in [0.05, 0.1) is 13.0 Å². The number of benzene rings is 1. The second-order valence-electron chi connectivity index (χ2n) is 5.45. The number of fused-ring (bicyclic) bond motifs is 1. The molecule has 1 aromatic carbocycles. The fourth-order valence-corrected chi connectivity index (χ4v) is 2.86. The first-order chi connectivity index (χ1) is 10.3. The second-order valence-corrected chi connectivity index (χ2v) is 5.45. The van der Waals surface area contributed by atoms with Gasteiger partial charge in [0, 0.05) is 24.9 Å². The standard InChI is InChI=1S/C17H26N2O2/c1-3-12-21-13-10-17(20)19-11-6-8-15(18-2)14-7-4-5-9-16(14)19/h4-5,7,9,15,18H,3,6,8,10-13H2,1-2H3. The molecule has 1 unspecified atom stereocenters. The van der Waals surface area contributed by atoms with Crippen LogP contribution in [0.25, 0.3) is 0 Å². The summed E-state index contributed by atoms with van der Waals surface area (Å²) in [5, 5.41) is 3.36. The van der Waals surface area contributed by atoms with E-state index in [1.807, 2.05) is 24.1 Å². The van der Waals surface area contributed by atoms with E-state index >= 15 is 0 Å². The van der Waals surface area contributed by atoms with Crippen molar-refractivity contribution in [3.63, 3.8) is 0 Å². The van der Waals surface area contributed by atoms with Gasteiger partial charge in [0.25, 0.3) is 0 Å². The Balaban J connectivity index is 2.10. The van der Waals surface area contributed by atoms with Crippen LogP contribution in [0.15, 0.2) is 24.3 Å². The van der Waals surface area contributed by atoms with Crippen molar-refractivity contribution < 1.29 is 9.53 Å². The zero-order valence-corrected chi connectivity index (χ0v) is 13.1. The van der Waals surface area contributed by atoms with Crippen LogP contribution in [0.1, 0.15) is 44.2 Å². The van der Waals surface area contributed by atoms with Gasteiger partial charge in [-0.05, 0) is 37.9 Å². The van der Waals surface area contributed by atoms with Crippen LogP contribution in [0.2, 0.25) is 0 Å². The molecular formula is C17H26N2O2. The highest BCUT2D eigenvalue weighted by molar-refractivity contribution is 5.94. The molecule has 0 spiro atoms. The third kappa shape index (κ3) is 4.05. The first-order valence-electron chi connectivity index (χ1n) is 7.92. The molecule has 1 heterocycles. The summed E-state index contributed by atoms with van der Waals surface area (Å²) in [5.74, 6) is 0.162. The smallest absolute Gasteiger partial charge is 0.229 e. The largest absolute Gasteiger partial charge is 0.381 e. The molecule has 1 atom stereocenters. The minimum absolute atomic E-state index is 0.162. The van der Waals surface area contributed by atoms with Gasteiger partial charge >= 0.3 is 0 Å². The van der Waals surface area contributed by atoms with E-state index in [9.17, 15) is 4.79 Å². The van der Waals surface area contributed by atoms with Gasteiger partial charge in [0.1, 0.15) is 0 Å². The lowest BCUT2D eigenvalue weighted by Gasteiger charge is -2.24. The topological polar surface area (TPSA) is 41.6 Å². The molecule has 0 aliphatic carbocycles. The van der Waals surface area contributed by atoms with Gasteiger partial charge in [0.15, 0.2) is 0 Å². The van der Waals surface area contributed by atoms with Crippen molar-refractivity contribution in [3.05, 3.63) is 29.8 Å². The number of ether oxygens (including phenoxy) is 1. The molecule has 0 bridgehead atoms. The Morgan fingerprint density at radius 3 is 2.95 bits per heavy atom. The average Bonchev–Trinajstić information content (AvgIpc) is 2.70. The van der Waals surface area contributed by atoms with E-state index in [2.05, 4.69) is 24.4 Å². The summed E-state index contributed by atoms with van der Waals surface area (Å²) in [6, 6.07) is 8.55. The monoisotopic (exact) mass is 290 g/mol. The fraction of sp³-hybridized carbons (Fsp3) is 0.588. The Kier molecular flexibility index (Phi) is 6.21. The van der Waals surface area contributed by atoms with Gasteiger partial charge in [-0.25, -0.2) is 0 Å². The van der Waals surface area contributed by atoms with E-state index in [0.717, 1.165) is 38.1 Å². The van der Waals surface area contributed by atoms with Crippen LogP contribution in [0.3, 0.4) is 0 Å². The maximum atomic E-state index is 12.5. The molecule has 1 amide bonds. The van der Waals surface area contributed by atoms with Crippen LogP contribution in [0, 0.1) is 0 Å². The molecule has 21 heavy (non-hydrogen) atoms. The third-order valence-corrected chi connectivity index (χ3v) is 3.94. The molecular weight excluding hydrogens is 264 g/mol. The maximum Gasteiger partial charge on any atom is 0.229 e. The lowest BCUT2D eigenvalue weighted by Crippen LogP contribution is -2.32. The molecule has 1 aliphatic rings.